The summed E-state index contributed by atoms with van der Waals surface area (Å²) >= 11 is 0. The first kappa shape index (κ1) is 18.1. The normalized spacial score (nSPS) is 13.3. The molecule has 21 heavy (non-hydrogen) atoms. The van der Waals surface area contributed by atoms with E-state index in [-0.39, 0.29) is 23.4 Å². The zero-order valence-corrected chi connectivity index (χ0v) is 14.0. The summed E-state index contributed by atoms with van der Waals surface area (Å²) in [6.45, 7) is 6.37. The molecule has 0 saturated carbocycles. The molecular formula is C16H26FNO2S. The van der Waals surface area contributed by atoms with Gasteiger partial charge in [0.25, 0.3) is 0 Å². The first-order chi connectivity index (χ1) is 9.89. The van der Waals surface area contributed by atoms with Crippen molar-refractivity contribution in [2.24, 2.45) is 0 Å². The van der Waals surface area contributed by atoms with Crippen LogP contribution in [0.2, 0.25) is 0 Å². The summed E-state index contributed by atoms with van der Waals surface area (Å²) in [7, 11) is -2.92. The summed E-state index contributed by atoms with van der Waals surface area (Å²) in [5.74, 6) is 0.200. The van der Waals surface area contributed by atoms with Crippen LogP contribution in [0.15, 0.2) is 18.2 Å². The van der Waals surface area contributed by atoms with Crippen LogP contribution in [0.4, 0.5) is 4.39 Å². The van der Waals surface area contributed by atoms with Crippen molar-refractivity contribution in [2.45, 2.75) is 46.1 Å². The topological polar surface area (TPSA) is 46.2 Å². The lowest BCUT2D eigenvalue weighted by molar-refractivity contribution is 0.490. The van der Waals surface area contributed by atoms with Crippen LogP contribution in [0.3, 0.4) is 0 Å². The van der Waals surface area contributed by atoms with E-state index < -0.39 is 9.84 Å². The van der Waals surface area contributed by atoms with Gasteiger partial charge >= 0.3 is 0 Å². The third-order valence-electron chi connectivity index (χ3n) is 3.61. The van der Waals surface area contributed by atoms with Gasteiger partial charge in [-0.1, -0.05) is 26.0 Å². The molecule has 1 rings (SSSR count). The Bertz CT molecular complexity index is 543. The molecule has 1 atom stereocenters. The molecule has 1 unspecified atom stereocenters. The smallest absolute Gasteiger partial charge is 0.150 e. The van der Waals surface area contributed by atoms with Crippen LogP contribution in [0, 0.1) is 12.7 Å². The lowest BCUT2D eigenvalue weighted by atomic mass is 10.00. The minimum absolute atomic E-state index is 0.0799. The fourth-order valence-electron chi connectivity index (χ4n) is 2.24. The molecule has 0 bridgehead atoms. The van der Waals surface area contributed by atoms with Gasteiger partial charge in [0.05, 0.1) is 5.75 Å². The Morgan fingerprint density at radius 2 is 2.00 bits per heavy atom. The van der Waals surface area contributed by atoms with Gasteiger partial charge in [0.15, 0.2) is 0 Å². The minimum Gasteiger partial charge on any atom is -0.310 e. The molecule has 120 valence electrons. The SMILES string of the molecule is CCCNC(CCCS(=O)(=O)CC)c1ccc(F)c(C)c1. The second-order valence-corrected chi connectivity index (χ2v) is 7.87. The molecule has 0 aliphatic carbocycles. The zero-order chi connectivity index (χ0) is 15.9. The number of rotatable bonds is 9. The van der Waals surface area contributed by atoms with E-state index in [1.54, 1.807) is 19.9 Å². The molecule has 5 heteroatoms. The van der Waals surface area contributed by atoms with E-state index >= 15 is 0 Å². The third-order valence-corrected chi connectivity index (χ3v) is 5.40. The maximum Gasteiger partial charge on any atom is 0.150 e. The predicted octanol–water partition coefficient (Wildman–Crippen LogP) is 3.39. The van der Waals surface area contributed by atoms with E-state index in [1.807, 2.05) is 6.07 Å². The number of sulfone groups is 1. The van der Waals surface area contributed by atoms with Crippen LogP contribution in [0.5, 0.6) is 0 Å². The van der Waals surface area contributed by atoms with Gasteiger partial charge in [0.1, 0.15) is 15.7 Å². The first-order valence-electron chi connectivity index (χ1n) is 7.59. The highest BCUT2D eigenvalue weighted by Crippen LogP contribution is 2.21. The molecule has 1 aromatic rings. The maximum absolute atomic E-state index is 13.4. The fourth-order valence-corrected chi connectivity index (χ4v) is 3.14. The van der Waals surface area contributed by atoms with Crippen molar-refractivity contribution in [2.75, 3.05) is 18.1 Å². The average molecular weight is 315 g/mol. The van der Waals surface area contributed by atoms with Gasteiger partial charge in [0.2, 0.25) is 0 Å². The molecule has 0 fully saturated rings. The number of hydrogen-bond acceptors (Lipinski definition) is 3. The minimum atomic E-state index is -2.92. The summed E-state index contributed by atoms with van der Waals surface area (Å²) in [6.07, 6.45) is 2.36. The highest BCUT2D eigenvalue weighted by molar-refractivity contribution is 7.91. The van der Waals surface area contributed by atoms with Crippen molar-refractivity contribution in [3.63, 3.8) is 0 Å². The van der Waals surface area contributed by atoms with E-state index in [1.165, 1.54) is 6.07 Å². The van der Waals surface area contributed by atoms with Crippen LogP contribution in [-0.4, -0.2) is 26.5 Å². The Kier molecular flexibility index (Phi) is 7.32. The van der Waals surface area contributed by atoms with Crippen molar-refractivity contribution in [1.29, 1.82) is 0 Å². The summed E-state index contributed by atoms with van der Waals surface area (Å²) in [4.78, 5) is 0. The van der Waals surface area contributed by atoms with Gasteiger partial charge in [0, 0.05) is 11.8 Å². The third kappa shape index (κ3) is 6.14. The van der Waals surface area contributed by atoms with E-state index in [4.69, 9.17) is 0 Å². The molecule has 3 nitrogen and oxygen atoms in total. The van der Waals surface area contributed by atoms with Crippen molar-refractivity contribution in [3.05, 3.63) is 35.1 Å². The van der Waals surface area contributed by atoms with Crippen molar-refractivity contribution in [3.8, 4) is 0 Å². The van der Waals surface area contributed by atoms with Crippen LogP contribution in [-0.2, 0) is 9.84 Å². The number of nitrogens with one attached hydrogen (secondary N) is 1. The Labute approximate surface area is 127 Å². The van der Waals surface area contributed by atoms with Crippen LogP contribution >= 0.6 is 0 Å². The number of hydrogen-bond donors (Lipinski definition) is 1. The van der Waals surface area contributed by atoms with Crippen LogP contribution < -0.4 is 5.32 Å². The molecule has 0 heterocycles. The quantitative estimate of drug-likeness (QED) is 0.760. The average Bonchev–Trinajstić information content (AvgIpc) is 2.45. The van der Waals surface area contributed by atoms with Gasteiger partial charge in [-0.25, -0.2) is 12.8 Å². The summed E-state index contributed by atoms with van der Waals surface area (Å²) < 4.78 is 36.5. The van der Waals surface area contributed by atoms with E-state index in [2.05, 4.69) is 12.2 Å². The van der Waals surface area contributed by atoms with E-state index in [9.17, 15) is 12.8 Å². The molecule has 0 saturated heterocycles. The number of benzene rings is 1. The number of halogens is 1. The number of aryl methyl sites for hydroxylation is 1. The van der Waals surface area contributed by atoms with Crippen molar-refractivity contribution in [1.82, 2.24) is 5.32 Å². The molecule has 1 N–H and O–H groups in total. The molecule has 0 aliphatic heterocycles. The monoisotopic (exact) mass is 315 g/mol. The van der Waals surface area contributed by atoms with E-state index in [0.29, 0.717) is 12.0 Å². The molecule has 0 aliphatic rings. The lowest BCUT2D eigenvalue weighted by Crippen LogP contribution is -2.23. The van der Waals surface area contributed by atoms with Crippen molar-refractivity contribution >= 4 is 9.84 Å². The van der Waals surface area contributed by atoms with Gasteiger partial charge < -0.3 is 5.32 Å². The summed E-state index contributed by atoms with van der Waals surface area (Å²) in [5, 5.41) is 3.42. The Hall–Kier alpha value is -0.940. The second kappa shape index (κ2) is 8.49. The standard InChI is InChI=1S/C16H26FNO2S/c1-4-10-18-16(7-6-11-21(19,20)5-2)14-8-9-15(17)13(3)12-14/h8-9,12,16,18H,4-7,10-11H2,1-3H3. The zero-order valence-electron chi connectivity index (χ0n) is 13.2. The highest BCUT2D eigenvalue weighted by atomic mass is 32.2. The molecule has 0 radical (unpaired) electrons. The predicted molar refractivity (Wildman–Crippen MR) is 85.7 cm³/mol. The van der Waals surface area contributed by atoms with E-state index in [0.717, 1.165) is 24.9 Å². The van der Waals surface area contributed by atoms with Crippen LogP contribution in [0.25, 0.3) is 0 Å². The fraction of sp³-hybridized carbons (Fsp3) is 0.625. The van der Waals surface area contributed by atoms with Gasteiger partial charge in [-0.2, -0.15) is 0 Å². The summed E-state index contributed by atoms with van der Waals surface area (Å²) in [6, 6.07) is 5.19. The lowest BCUT2D eigenvalue weighted by Gasteiger charge is -2.19. The summed E-state index contributed by atoms with van der Waals surface area (Å²) in [5.41, 5.74) is 1.65. The Morgan fingerprint density at radius 1 is 1.29 bits per heavy atom. The van der Waals surface area contributed by atoms with Gasteiger partial charge in [-0.3, -0.25) is 0 Å². The first-order valence-corrected chi connectivity index (χ1v) is 9.41. The molecule has 1 aromatic carbocycles. The Morgan fingerprint density at radius 3 is 2.57 bits per heavy atom. The largest absolute Gasteiger partial charge is 0.310 e. The molecule has 0 spiro atoms. The van der Waals surface area contributed by atoms with Crippen LogP contribution in [0.1, 0.15) is 50.3 Å². The molecule has 0 aromatic heterocycles. The Balaban J connectivity index is 2.73. The van der Waals surface area contributed by atoms with Gasteiger partial charge in [-0.05, 0) is 49.9 Å². The molecular weight excluding hydrogens is 289 g/mol. The van der Waals surface area contributed by atoms with Crippen molar-refractivity contribution < 1.29 is 12.8 Å². The molecule has 0 amide bonds. The second-order valence-electron chi connectivity index (χ2n) is 5.39. The van der Waals surface area contributed by atoms with Gasteiger partial charge in [-0.15, -0.1) is 0 Å². The highest BCUT2D eigenvalue weighted by Gasteiger charge is 2.14. The maximum atomic E-state index is 13.4.